The van der Waals surface area contributed by atoms with Crippen molar-refractivity contribution in [3.8, 4) is 11.5 Å². The number of benzene rings is 1. The van der Waals surface area contributed by atoms with Gasteiger partial charge in [0.15, 0.2) is 18.1 Å². The highest BCUT2D eigenvalue weighted by atomic mass is 35.5. The van der Waals surface area contributed by atoms with E-state index in [-0.39, 0.29) is 47.5 Å². The zero-order valence-electron chi connectivity index (χ0n) is 13.3. The first-order valence-corrected chi connectivity index (χ1v) is 7.69. The molecule has 0 aromatic heterocycles. The summed E-state index contributed by atoms with van der Waals surface area (Å²) in [5.74, 6) is -0.412. The quantitative estimate of drug-likeness (QED) is 0.689. The Morgan fingerprint density at radius 3 is 2.79 bits per heavy atom. The lowest BCUT2D eigenvalue weighted by Gasteiger charge is -2.24. The van der Waals surface area contributed by atoms with Gasteiger partial charge in [0, 0.05) is 18.2 Å². The van der Waals surface area contributed by atoms with Crippen molar-refractivity contribution >= 4 is 35.8 Å². The monoisotopic (exact) mass is 377 g/mol. The molecular formula is C15H21Cl2N3O4. The van der Waals surface area contributed by atoms with Crippen LogP contribution in [0.2, 0.25) is 5.02 Å². The minimum atomic E-state index is -0.630. The van der Waals surface area contributed by atoms with E-state index in [0.717, 1.165) is 25.9 Å². The molecule has 7 nitrogen and oxygen atoms in total. The lowest BCUT2D eigenvalue weighted by Crippen LogP contribution is -2.45. The molecule has 1 fully saturated rings. The highest BCUT2D eigenvalue weighted by molar-refractivity contribution is 6.32. The molecule has 0 spiro atoms. The maximum Gasteiger partial charge on any atom is 0.255 e. The van der Waals surface area contributed by atoms with Gasteiger partial charge >= 0.3 is 0 Å². The average molecular weight is 378 g/mol. The number of hydrogen-bond donors (Lipinski definition) is 3. The highest BCUT2D eigenvalue weighted by Crippen LogP contribution is 2.36. The Bertz CT molecular complexity index is 592. The molecule has 0 aliphatic carbocycles. The third kappa shape index (κ3) is 5.43. The third-order valence-electron chi connectivity index (χ3n) is 3.48. The van der Waals surface area contributed by atoms with Crippen LogP contribution in [0.25, 0.3) is 0 Å². The van der Waals surface area contributed by atoms with Crippen LogP contribution in [-0.4, -0.2) is 44.7 Å². The van der Waals surface area contributed by atoms with Gasteiger partial charge in [-0.3, -0.25) is 9.59 Å². The molecule has 1 aliphatic heterocycles. The van der Waals surface area contributed by atoms with E-state index in [1.165, 1.54) is 19.2 Å². The topological polar surface area (TPSA) is 103 Å². The van der Waals surface area contributed by atoms with E-state index >= 15 is 0 Å². The molecular weight excluding hydrogens is 357 g/mol. The van der Waals surface area contributed by atoms with Gasteiger partial charge in [0.25, 0.3) is 11.8 Å². The van der Waals surface area contributed by atoms with E-state index < -0.39 is 5.91 Å². The minimum Gasteiger partial charge on any atom is -0.493 e. The molecule has 2 rings (SSSR count). The first-order valence-electron chi connectivity index (χ1n) is 7.31. The number of nitrogens with one attached hydrogen (secondary N) is 2. The number of halogens is 2. The normalized spacial score (nSPS) is 16.7. The number of ether oxygens (including phenoxy) is 2. The summed E-state index contributed by atoms with van der Waals surface area (Å²) >= 11 is 6.13. The van der Waals surface area contributed by atoms with Crippen LogP contribution in [0.3, 0.4) is 0 Å². The van der Waals surface area contributed by atoms with Crippen LogP contribution in [0, 0.1) is 0 Å². The minimum absolute atomic E-state index is 0. The van der Waals surface area contributed by atoms with Crippen molar-refractivity contribution in [3.05, 3.63) is 22.7 Å². The molecule has 1 aliphatic rings. The predicted octanol–water partition coefficient (Wildman–Crippen LogP) is 1.12. The molecule has 4 N–H and O–H groups in total. The standard InChI is InChI=1S/C15H20ClN3O4.ClH/c1-22-12-6-9(5-11(16)14(12)23-8-13(17)20)15(21)19-10-3-2-4-18-7-10;/h5-6,10,18H,2-4,7-8H2,1H3,(H2,17,20)(H,19,21);1H/t10-;/m0./s1. The number of methoxy groups -OCH3 is 1. The number of hydrogen-bond acceptors (Lipinski definition) is 5. The first-order chi connectivity index (χ1) is 11.0. The van der Waals surface area contributed by atoms with Crippen molar-refractivity contribution in [2.24, 2.45) is 5.73 Å². The summed E-state index contributed by atoms with van der Waals surface area (Å²) in [6.45, 7) is 1.39. The Hall–Kier alpha value is -1.70. The zero-order valence-corrected chi connectivity index (χ0v) is 14.8. The molecule has 1 aromatic carbocycles. The summed E-state index contributed by atoms with van der Waals surface area (Å²) in [5.41, 5.74) is 5.41. The lowest BCUT2D eigenvalue weighted by atomic mass is 10.1. The number of rotatable bonds is 6. The van der Waals surface area contributed by atoms with Crippen molar-refractivity contribution in [2.45, 2.75) is 18.9 Å². The second kappa shape index (κ2) is 9.56. The van der Waals surface area contributed by atoms with E-state index in [2.05, 4.69) is 10.6 Å². The van der Waals surface area contributed by atoms with Gasteiger partial charge in [-0.1, -0.05) is 11.6 Å². The second-order valence-corrected chi connectivity index (χ2v) is 5.67. The summed E-state index contributed by atoms with van der Waals surface area (Å²) in [6, 6.07) is 3.09. The predicted molar refractivity (Wildman–Crippen MR) is 93.3 cm³/mol. The van der Waals surface area contributed by atoms with Crippen molar-refractivity contribution in [1.82, 2.24) is 10.6 Å². The molecule has 1 aromatic rings. The van der Waals surface area contributed by atoms with E-state index in [4.69, 9.17) is 26.8 Å². The second-order valence-electron chi connectivity index (χ2n) is 5.26. The largest absolute Gasteiger partial charge is 0.493 e. The number of carbonyl (C=O) groups excluding carboxylic acids is 2. The van der Waals surface area contributed by atoms with Crippen LogP contribution in [0.5, 0.6) is 11.5 Å². The summed E-state index contributed by atoms with van der Waals surface area (Å²) in [6.07, 6.45) is 1.96. The maximum absolute atomic E-state index is 12.3. The molecule has 134 valence electrons. The van der Waals surface area contributed by atoms with Crippen LogP contribution in [-0.2, 0) is 4.79 Å². The number of amides is 2. The Morgan fingerprint density at radius 1 is 1.46 bits per heavy atom. The third-order valence-corrected chi connectivity index (χ3v) is 3.76. The maximum atomic E-state index is 12.3. The molecule has 0 unspecified atom stereocenters. The summed E-state index contributed by atoms with van der Waals surface area (Å²) in [4.78, 5) is 23.2. The van der Waals surface area contributed by atoms with Gasteiger partial charge in [-0.15, -0.1) is 12.4 Å². The van der Waals surface area contributed by atoms with Gasteiger partial charge in [0.05, 0.1) is 12.1 Å². The molecule has 0 bridgehead atoms. The number of carbonyl (C=O) groups is 2. The van der Waals surface area contributed by atoms with Gasteiger partial charge in [-0.25, -0.2) is 0 Å². The molecule has 9 heteroatoms. The van der Waals surface area contributed by atoms with Crippen molar-refractivity contribution < 1.29 is 19.1 Å². The molecule has 1 saturated heterocycles. The van der Waals surface area contributed by atoms with Crippen LogP contribution in [0.15, 0.2) is 12.1 Å². The number of primary amides is 1. The highest BCUT2D eigenvalue weighted by Gasteiger charge is 2.20. The van der Waals surface area contributed by atoms with E-state index in [0.29, 0.717) is 5.56 Å². The van der Waals surface area contributed by atoms with Crippen molar-refractivity contribution in [3.63, 3.8) is 0 Å². The van der Waals surface area contributed by atoms with Gasteiger partial charge in [0.1, 0.15) is 0 Å². The number of nitrogens with two attached hydrogens (primary N) is 1. The molecule has 1 heterocycles. The molecule has 2 amide bonds. The Labute approximate surface area is 151 Å². The van der Waals surface area contributed by atoms with Gasteiger partial charge in [-0.05, 0) is 31.5 Å². The summed E-state index contributed by atoms with van der Waals surface area (Å²) < 4.78 is 10.4. The van der Waals surface area contributed by atoms with Crippen molar-refractivity contribution in [2.75, 3.05) is 26.8 Å². The molecule has 0 radical (unpaired) electrons. The fraction of sp³-hybridized carbons (Fsp3) is 0.467. The first kappa shape index (κ1) is 20.3. The van der Waals surface area contributed by atoms with E-state index in [1.807, 2.05) is 0 Å². The number of piperidine rings is 1. The molecule has 1 atom stereocenters. The summed E-state index contributed by atoms with van der Waals surface area (Å²) in [7, 11) is 1.43. The van der Waals surface area contributed by atoms with Gasteiger partial charge < -0.3 is 25.8 Å². The fourth-order valence-electron chi connectivity index (χ4n) is 2.38. The Morgan fingerprint density at radius 2 is 2.21 bits per heavy atom. The Kier molecular flexibility index (Phi) is 8.10. The van der Waals surface area contributed by atoms with Crippen LogP contribution in [0.4, 0.5) is 0 Å². The van der Waals surface area contributed by atoms with Crippen LogP contribution in [0.1, 0.15) is 23.2 Å². The van der Waals surface area contributed by atoms with Crippen LogP contribution >= 0.6 is 24.0 Å². The van der Waals surface area contributed by atoms with Crippen molar-refractivity contribution in [1.29, 1.82) is 0 Å². The smallest absolute Gasteiger partial charge is 0.255 e. The lowest BCUT2D eigenvalue weighted by molar-refractivity contribution is -0.119. The zero-order chi connectivity index (χ0) is 16.8. The van der Waals surface area contributed by atoms with E-state index in [1.54, 1.807) is 0 Å². The van der Waals surface area contributed by atoms with Gasteiger partial charge in [0.2, 0.25) is 0 Å². The summed E-state index contributed by atoms with van der Waals surface area (Å²) in [5, 5.41) is 6.36. The average Bonchev–Trinajstić information content (AvgIpc) is 2.53. The molecule has 24 heavy (non-hydrogen) atoms. The van der Waals surface area contributed by atoms with Crippen LogP contribution < -0.4 is 25.8 Å². The Balaban J connectivity index is 0.00000288. The SMILES string of the molecule is COc1cc(C(=O)N[C@H]2CCCNC2)cc(Cl)c1OCC(N)=O.Cl. The molecule has 0 saturated carbocycles. The van der Waals surface area contributed by atoms with Gasteiger partial charge in [-0.2, -0.15) is 0 Å². The van der Waals surface area contributed by atoms with E-state index in [9.17, 15) is 9.59 Å². The fourth-order valence-corrected chi connectivity index (χ4v) is 2.64.